The average Bonchev–Trinajstić information content (AvgIpc) is 3.19. The molecule has 3 aromatic rings. The maximum atomic E-state index is 12.3. The predicted octanol–water partition coefficient (Wildman–Crippen LogP) is 1.50. The van der Waals surface area contributed by atoms with E-state index in [4.69, 9.17) is 0 Å². The van der Waals surface area contributed by atoms with Crippen LogP contribution in [0.5, 0.6) is 0 Å². The lowest BCUT2D eigenvalue weighted by molar-refractivity contribution is 0.242. The molecule has 0 radical (unpaired) electrons. The molecule has 0 N–H and O–H groups in total. The number of piperazine rings is 1. The molecule has 0 unspecified atom stereocenters. The standard InChI is InChI=1S/C21H24N6O/c28-20-14-16-4-3-7-18(16)24-27(20)13-10-25-8-11-26(12-9-25)21-17-5-1-2-6-19(17)22-15-23-21/h1-2,5-6,14-15H,3-4,7-13H2. The first-order valence-electron chi connectivity index (χ1n) is 10.0. The maximum absolute atomic E-state index is 12.3. The smallest absolute Gasteiger partial charge is 0.267 e. The SMILES string of the molecule is O=c1cc2c(nn1CCN1CCN(c3ncnc4ccccc34)CC1)CCC2. The highest BCUT2D eigenvalue weighted by atomic mass is 16.1. The number of hydrogen-bond acceptors (Lipinski definition) is 6. The summed E-state index contributed by atoms with van der Waals surface area (Å²) in [6, 6.07) is 9.94. The van der Waals surface area contributed by atoms with Crippen LogP contribution in [0.1, 0.15) is 17.7 Å². The Labute approximate surface area is 163 Å². The monoisotopic (exact) mass is 376 g/mol. The summed E-state index contributed by atoms with van der Waals surface area (Å²) < 4.78 is 1.65. The number of fused-ring (bicyclic) bond motifs is 2. The molecule has 7 nitrogen and oxygen atoms in total. The van der Waals surface area contributed by atoms with Gasteiger partial charge < -0.3 is 4.90 Å². The van der Waals surface area contributed by atoms with E-state index in [-0.39, 0.29) is 5.56 Å². The number of rotatable bonds is 4. The first-order chi connectivity index (χ1) is 13.8. The highest BCUT2D eigenvalue weighted by Crippen LogP contribution is 2.23. The van der Waals surface area contributed by atoms with Gasteiger partial charge in [0.05, 0.1) is 17.8 Å². The van der Waals surface area contributed by atoms with Gasteiger partial charge in [-0.3, -0.25) is 9.69 Å². The van der Waals surface area contributed by atoms with E-state index in [9.17, 15) is 4.79 Å². The zero-order valence-electron chi connectivity index (χ0n) is 15.9. The van der Waals surface area contributed by atoms with Gasteiger partial charge in [-0.05, 0) is 37.0 Å². The third-order valence-corrected chi connectivity index (χ3v) is 5.85. The number of nitrogens with zero attached hydrogens (tertiary/aromatic N) is 6. The minimum atomic E-state index is 0.0340. The van der Waals surface area contributed by atoms with E-state index in [0.29, 0.717) is 6.54 Å². The Morgan fingerprint density at radius 3 is 2.71 bits per heavy atom. The van der Waals surface area contributed by atoms with E-state index in [1.54, 1.807) is 17.1 Å². The van der Waals surface area contributed by atoms with Crippen LogP contribution in [-0.2, 0) is 19.4 Å². The lowest BCUT2D eigenvalue weighted by atomic mass is 10.2. The van der Waals surface area contributed by atoms with Gasteiger partial charge in [-0.1, -0.05) is 12.1 Å². The summed E-state index contributed by atoms with van der Waals surface area (Å²) in [6.45, 7) is 5.27. The van der Waals surface area contributed by atoms with Crippen LogP contribution >= 0.6 is 0 Å². The molecule has 1 aliphatic carbocycles. The Bertz CT molecular complexity index is 1050. The molecule has 1 aromatic carbocycles. The van der Waals surface area contributed by atoms with Crippen molar-refractivity contribution in [1.29, 1.82) is 0 Å². The number of aryl methyl sites for hydroxylation is 2. The second-order valence-corrected chi connectivity index (χ2v) is 7.57. The van der Waals surface area contributed by atoms with E-state index < -0.39 is 0 Å². The van der Waals surface area contributed by atoms with Gasteiger partial charge in [0.2, 0.25) is 0 Å². The summed E-state index contributed by atoms with van der Waals surface area (Å²) in [5.74, 6) is 1.02. The summed E-state index contributed by atoms with van der Waals surface area (Å²) in [5.41, 5.74) is 3.27. The van der Waals surface area contributed by atoms with Crippen LogP contribution in [0.25, 0.3) is 10.9 Å². The molecule has 0 spiro atoms. The van der Waals surface area contributed by atoms with Crippen LogP contribution in [0.15, 0.2) is 41.5 Å². The predicted molar refractivity (Wildman–Crippen MR) is 109 cm³/mol. The molecular weight excluding hydrogens is 352 g/mol. The van der Waals surface area contributed by atoms with Gasteiger partial charge in [0.1, 0.15) is 12.1 Å². The van der Waals surface area contributed by atoms with Gasteiger partial charge in [0, 0.05) is 44.2 Å². The number of anilines is 1. The number of benzene rings is 1. The van der Waals surface area contributed by atoms with Gasteiger partial charge in [0.15, 0.2) is 0 Å². The quantitative estimate of drug-likeness (QED) is 0.687. The fourth-order valence-corrected chi connectivity index (χ4v) is 4.26. The summed E-state index contributed by atoms with van der Waals surface area (Å²) in [4.78, 5) is 25.9. The van der Waals surface area contributed by atoms with Crippen molar-refractivity contribution in [1.82, 2.24) is 24.6 Å². The Kier molecular flexibility index (Phi) is 4.52. The zero-order chi connectivity index (χ0) is 18.9. The summed E-state index contributed by atoms with van der Waals surface area (Å²) >= 11 is 0. The van der Waals surface area contributed by atoms with Crippen LogP contribution < -0.4 is 10.5 Å². The molecule has 7 heteroatoms. The van der Waals surface area contributed by atoms with Crippen molar-refractivity contribution in [3.05, 3.63) is 58.3 Å². The van der Waals surface area contributed by atoms with Crippen LogP contribution in [0.3, 0.4) is 0 Å². The lowest BCUT2D eigenvalue weighted by Gasteiger charge is -2.35. The molecule has 1 fully saturated rings. The molecule has 1 aliphatic heterocycles. The molecule has 5 rings (SSSR count). The van der Waals surface area contributed by atoms with E-state index in [1.165, 1.54) is 0 Å². The molecule has 1 saturated heterocycles. The fourth-order valence-electron chi connectivity index (χ4n) is 4.26. The molecule has 3 heterocycles. The van der Waals surface area contributed by atoms with E-state index in [1.807, 2.05) is 18.2 Å². The molecule has 0 atom stereocenters. The van der Waals surface area contributed by atoms with E-state index in [2.05, 4.69) is 30.9 Å². The van der Waals surface area contributed by atoms with Crippen molar-refractivity contribution < 1.29 is 0 Å². The minimum Gasteiger partial charge on any atom is -0.353 e. The lowest BCUT2D eigenvalue weighted by Crippen LogP contribution is -2.48. The molecule has 2 aromatic heterocycles. The molecule has 2 aliphatic rings. The average molecular weight is 376 g/mol. The van der Waals surface area contributed by atoms with Gasteiger partial charge >= 0.3 is 0 Å². The Hall–Kier alpha value is -2.80. The fraction of sp³-hybridized carbons (Fsp3) is 0.429. The maximum Gasteiger partial charge on any atom is 0.267 e. The Morgan fingerprint density at radius 2 is 1.82 bits per heavy atom. The van der Waals surface area contributed by atoms with Gasteiger partial charge in [-0.25, -0.2) is 14.6 Å². The second kappa shape index (κ2) is 7.31. The highest BCUT2D eigenvalue weighted by Gasteiger charge is 2.20. The van der Waals surface area contributed by atoms with Crippen LogP contribution in [0, 0.1) is 0 Å². The van der Waals surface area contributed by atoms with Gasteiger partial charge in [-0.15, -0.1) is 0 Å². The molecule has 144 valence electrons. The minimum absolute atomic E-state index is 0.0340. The van der Waals surface area contributed by atoms with Gasteiger partial charge in [0.25, 0.3) is 5.56 Å². The molecule has 0 bridgehead atoms. The van der Waals surface area contributed by atoms with Crippen LogP contribution in [0.2, 0.25) is 0 Å². The van der Waals surface area contributed by atoms with E-state index >= 15 is 0 Å². The molecule has 28 heavy (non-hydrogen) atoms. The van der Waals surface area contributed by atoms with E-state index in [0.717, 1.165) is 80.0 Å². The molecule has 0 saturated carbocycles. The second-order valence-electron chi connectivity index (χ2n) is 7.57. The third kappa shape index (κ3) is 3.26. The van der Waals surface area contributed by atoms with Crippen molar-refractivity contribution in [3.63, 3.8) is 0 Å². The topological polar surface area (TPSA) is 67.2 Å². The van der Waals surface area contributed by atoms with Crippen molar-refractivity contribution in [2.45, 2.75) is 25.8 Å². The van der Waals surface area contributed by atoms with Crippen molar-refractivity contribution >= 4 is 16.7 Å². The number of hydrogen-bond donors (Lipinski definition) is 0. The number of aromatic nitrogens is 4. The summed E-state index contributed by atoms with van der Waals surface area (Å²) in [6.07, 6.45) is 4.76. The Balaban J connectivity index is 1.23. The van der Waals surface area contributed by atoms with Crippen molar-refractivity contribution in [2.75, 3.05) is 37.6 Å². The number of para-hydroxylation sites is 1. The normalized spacial score (nSPS) is 17.2. The van der Waals surface area contributed by atoms with Crippen molar-refractivity contribution in [2.24, 2.45) is 0 Å². The van der Waals surface area contributed by atoms with Crippen LogP contribution in [0.4, 0.5) is 5.82 Å². The summed E-state index contributed by atoms with van der Waals surface area (Å²) in [7, 11) is 0. The first kappa shape index (κ1) is 17.3. The summed E-state index contributed by atoms with van der Waals surface area (Å²) in [5, 5.41) is 5.69. The molecule has 0 amide bonds. The highest BCUT2D eigenvalue weighted by molar-refractivity contribution is 5.89. The first-order valence-corrected chi connectivity index (χ1v) is 10.0. The molecular formula is C21H24N6O. The van der Waals surface area contributed by atoms with Crippen LogP contribution in [-0.4, -0.2) is 57.4 Å². The third-order valence-electron chi connectivity index (χ3n) is 5.85. The zero-order valence-corrected chi connectivity index (χ0v) is 15.9. The van der Waals surface area contributed by atoms with Gasteiger partial charge in [-0.2, -0.15) is 5.10 Å². The van der Waals surface area contributed by atoms with Crippen molar-refractivity contribution in [3.8, 4) is 0 Å². The largest absolute Gasteiger partial charge is 0.353 e. The Morgan fingerprint density at radius 1 is 0.964 bits per heavy atom.